The molecule has 2 aromatic heterocycles. The third-order valence-electron chi connectivity index (χ3n) is 3.89. The molecule has 0 saturated heterocycles. The van der Waals surface area contributed by atoms with E-state index in [0.717, 1.165) is 23.1 Å². The van der Waals surface area contributed by atoms with Crippen LogP contribution in [0, 0.1) is 0 Å². The molecule has 128 valence electrons. The summed E-state index contributed by atoms with van der Waals surface area (Å²) in [6.45, 7) is 1.55. The number of nitrogens with zero attached hydrogens (tertiary/aromatic N) is 1. The van der Waals surface area contributed by atoms with Gasteiger partial charge in [-0.05, 0) is 44.0 Å². The highest BCUT2D eigenvalue weighted by Crippen LogP contribution is 2.31. The summed E-state index contributed by atoms with van der Waals surface area (Å²) in [6, 6.07) is 11.2. The largest absolute Gasteiger partial charge is 0.447 e. The Morgan fingerprint density at radius 3 is 2.84 bits per heavy atom. The zero-order valence-corrected chi connectivity index (χ0v) is 14.3. The molecule has 1 fully saturated rings. The molecule has 2 heterocycles. The molecule has 1 aromatic carbocycles. The van der Waals surface area contributed by atoms with Crippen LogP contribution in [-0.2, 0) is 9.53 Å². The Labute approximate surface area is 147 Å². The number of furan rings is 1. The van der Waals surface area contributed by atoms with Crippen LogP contribution >= 0.6 is 11.3 Å². The lowest BCUT2D eigenvalue weighted by molar-refractivity contribution is -0.129. The van der Waals surface area contributed by atoms with Crippen LogP contribution < -0.4 is 5.32 Å². The first-order chi connectivity index (χ1) is 12.1. The zero-order valence-electron chi connectivity index (χ0n) is 13.5. The Kier molecular flexibility index (Phi) is 4.01. The summed E-state index contributed by atoms with van der Waals surface area (Å²) in [4.78, 5) is 28.5. The van der Waals surface area contributed by atoms with Crippen molar-refractivity contribution in [3.8, 4) is 10.8 Å². The van der Waals surface area contributed by atoms with Crippen LogP contribution in [-0.4, -0.2) is 29.0 Å². The lowest BCUT2D eigenvalue weighted by Crippen LogP contribution is -2.37. The maximum absolute atomic E-state index is 12.2. The standard InChI is InChI=1S/C18H16N2O4S/c1-10(16(21)19-11-6-7-11)23-18(22)14-9-8-13(24-14)17-20-12-4-2-3-5-15(12)25-17/h2-5,8-11H,6-7H2,1H3,(H,19,21)/t10-/m0/s1. The quantitative estimate of drug-likeness (QED) is 0.709. The van der Waals surface area contributed by atoms with Gasteiger partial charge in [-0.3, -0.25) is 4.79 Å². The van der Waals surface area contributed by atoms with Gasteiger partial charge >= 0.3 is 5.97 Å². The molecule has 25 heavy (non-hydrogen) atoms. The Hall–Kier alpha value is -2.67. The number of nitrogens with one attached hydrogen (secondary N) is 1. The number of esters is 1. The number of fused-ring (bicyclic) bond motifs is 1. The van der Waals surface area contributed by atoms with Crippen molar-refractivity contribution in [3.05, 3.63) is 42.2 Å². The predicted molar refractivity (Wildman–Crippen MR) is 93.4 cm³/mol. The Bertz CT molecular complexity index is 908. The van der Waals surface area contributed by atoms with Crippen molar-refractivity contribution in [1.82, 2.24) is 10.3 Å². The number of aromatic nitrogens is 1. The molecule has 1 N–H and O–H groups in total. The van der Waals surface area contributed by atoms with Gasteiger partial charge in [0.1, 0.15) is 0 Å². The van der Waals surface area contributed by atoms with E-state index >= 15 is 0 Å². The number of carbonyl (C=O) groups is 2. The molecule has 6 nitrogen and oxygen atoms in total. The summed E-state index contributed by atoms with van der Waals surface area (Å²) < 4.78 is 11.8. The predicted octanol–water partition coefficient (Wildman–Crippen LogP) is 3.38. The van der Waals surface area contributed by atoms with Crippen molar-refractivity contribution >= 4 is 33.4 Å². The molecule has 1 saturated carbocycles. The number of benzene rings is 1. The van der Waals surface area contributed by atoms with Gasteiger partial charge in [0.2, 0.25) is 5.76 Å². The highest BCUT2D eigenvalue weighted by atomic mass is 32.1. The maximum atomic E-state index is 12.2. The van der Waals surface area contributed by atoms with Gasteiger partial charge < -0.3 is 14.5 Å². The Morgan fingerprint density at radius 2 is 2.08 bits per heavy atom. The number of para-hydroxylation sites is 1. The second-order valence-corrected chi connectivity index (χ2v) is 7.01. The van der Waals surface area contributed by atoms with Crippen LogP contribution in [0.1, 0.15) is 30.3 Å². The van der Waals surface area contributed by atoms with Gasteiger partial charge in [-0.2, -0.15) is 0 Å². The number of thiazole rings is 1. The molecule has 0 spiro atoms. The van der Waals surface area contributed by atoms with Crippen molar-refractivity contribution in [3.63, 3.8) is 0 Å². The van der Waals surface area contributed by atoms with Gasteiger partial charge in [0.05, 0.1) is 10.2 Å². The van der Waals surface area contributed by atoms with Crippen molar-refractivity contribution < 1.29 is 18.7 Å². The van der Waals surface area contributed by atoms with Crippen molar-refractivity contribution in [2.24, 2.45) is 0 Å². The number of hydrogen-bond acceptors (Lipinski definition) is 6. The molecule has 1 aliphatic carbocycles. The lowest BCUT2D eigenvalue weighted by Gasteiger charge is -2.11. The maximum Gasteiger partial charge on any atom is 0.375 e. The van der Waals surface area contributed by atoms with Gasteiger partial charge in [0.25, 0.3) is 5.91 Å². The fourth-order valence-corrected chi connectivity index (χ4v) is 3.29. The van der Waals surface area contributed by atoms with E-state index in [0.29, 0.717) is 10.8 Å². The van der Waals surface area contributed by atoms with E-state index in [1.807, 2.05) is 24.3 Å². The number of ether oxygens (including phenoxy) is 1. The first-order valence-electron chi connectivity index (χ1n) is 8.07. The molecule has 7 heteroatoms. The van der Waals surface area contributed by atoms with Crippen LogP contribution in [0.15, 0.2) is 40.8 Å². The number of rotatable bonds is 5. The van der Waals surface area contributed by atoms with Gasteiger partial charge in [-0.15, -0.1) is 11.3 Å². The number of amides is 1. The molecular weight excluding hydrogens is 340 g/mol. The molecular formula is C18H16N2O4S. The highest BCUT2D eigenvalue weighted by Gasteiger charge is 2.28. The minimum atomic E-state index is -0.857. The van der Waals surface area contributed by atoms with Crippen LogP contribution in [0.25, 0.3) is 21.0 Å². The topological polar surface area (TPSA) is 81.4 Å². The summed E-state index contributed by atoms with van der Waals surface area (Å²) in [5.41, 5.74) is 0.883. The molecule has 0 bridgehead atoms. The van der Waals surface area contributed by atoms with Crippen molar-refractivity contribution in [1.29, 1.82) is 0 Å². The average Bonchev–Trinajstić information content (AvgIpc) is 3.13. The highest BCUT2D eigenvalue weighted by molar-refractivity contribution is 7.21. The monoisotopic (exact) mass is 356 g/mol. The van der Waals surface area contributed by atoms with Crippen LogP contribution in [0.2, 0.25) is 0 Å². The summed E-state index contributed by atoms with van der Waals surface area (Å²) in [5.74, 6) is -0.386. The third kappa shape index (κ3) is 3.41. The molecule has 0 unspecified atom stereocenters. The Balaban J connectivity index is 1.46. The van der Waals surface area contributed by atoms with E-state index in [4.69, 9.17) is 9.15 Å². The van der Waals surface area contributed by atoms with Crippen LogP contribution in [0.3, 0.4) is 0 Å². The fourth-order valence-electron chi connectivity index (χ4n) is 2.36. The first kappa shape index (κ1) is 15.8. The molecule has 4 rings (SSSR count). The fraction of sp³-hybridized carbons (Fsp3) is 0.278. The summed E-state index contributed by atoms with van der Waals surface area (Å²) in [6.07, 6.45) is 1.11. The van der Waals surface area contributed by atoms with Crippen LogP contribution in [0.4, 0.5) is 0 Å². The van der Waals surface area contributed by atoms with Gasteiger partial charge in [0.15, 0.2) is 16.9 Å². The van der Waals surface area contributed by atoms with E-state index in [2.05, 4.69) is 10.3 Å². The second-order valence-electron chi connectivity index (χ2n) is 5.98. The van der Waals surface area contributed by atoms with Gasteiger partial charge in [0, 0.05) is 6.04 Å². The summed E-state index contributed by atoms with van der Waals surface area (Å²) >= 11 is 1.49. The SMILES string of the molecule is C[C@H](OC(=O)c1ccc(-c2nc3ccccc3s2)o1)C(=O)NC1CC1. The lowest BCUT2D eigenvalue weighted by atomic mass is 10.3. The van der Waals surface area contributed by atoms with E-state index < -0.39 is 12.1 Å². The second kappa shape index (κ2) is 6.33. The third-order valence-corrected chi connectivity index (χ3v) is 4.94. The number of hydrogen-bond donors (Lipinski definition) is 1. The van der Waals surface area contributed by atoms with Crippen LogP contribution in [0.5, 0.6) is 0 Å². The molecule has 1 aliphatic rings. The first-order valence-corrected chi connectivity index (χ1v) is 8.89. The molecule has 0 aliphatic heterocycles. The van der Waals surface area contributed by atoms with E-state index in [9.17, 15) is 9.59 Å². The molecule has 1 atom stereocenters. The Morgan fingerprint density at radius 1 is 1.28 bits per heavy atom. The number of carbonyl (C=O) groups excluding carboxylic acids is 2. The minimum Gasteiger partial charge on any atom is -0.447 e. The zero-order chi connectivity index (χ0) is 17.4. The molecule has 3 aromatic rings. The van der Waals surface area contributed by atoms with E-state index in [1.54, 1.807) is 13.0 Å². The average molecular weight is 356 g/mol. The summed E-state index contributed by atoms with van der Waals surface area (Å²) in [7, 11) is 0. The van der Waals surface area contributed by atoms with Crippen molar-refractivity contribution in [2.75, 3.05) is 0 Å². The normalized spacial score (nSPS) is 15.1. The minimum absolute atomic E-state index is 0.0559. The van der Waals surface area contributed by atoms with E-state index in [-0.39, 0.29) is 17.7 Å². The molecule has 0 radical (unpaired) electrons. The van der Waals surface area contributed by atoms with Crippen molar-refractivity contribution in [2.45, 2.75) is 31.9 Å². The van der Waals surface area contributed by atoms with E-state index in [1.165, 1.54) is 17.4 Å². The smallest absolute Gasteiger partial charge is 0.375 e. The van der Waals surface area contributed by atoms with Gasteiger partial charge in [-0.1, -0.05) is 12.1 Å². The summed E-state index contributed by atoms with van der Waals surface area (Å²) in [5, 5.41) is 3.50. The van der Waals surface area contributed by atoms with Gasteiger partial charge in [-0.25, -0.2) is 9.78 Å². The molecule has 1 amide bonds.